The fraction of sp³-hybridized carbons (Fsp3) is 0.917. The first-order valence-electron chi connectivity index (χ1n) is 6.02. The highest BCUT2D eigenvalue weighted by molar-refractivity contribution is 5.73. The van der Waals surface area contributed by atoms with Crippen LogP contribution in [0.2, 0.25) is 0 Å². The smallest absolute Gasteiger partial charge is 0.307 e. The predicted molar refractivity (Wildman–Crippen MR) is 48.3 cm³/mol. The first kappa shape index (κ1) is 6.86. The van der Waals surface area contributed by atoms with Crippen molar-refractivity contribution in [1.29, 1.82) is 0 Å². The normalized spacial score (nSPS) is 74.4. The average molecular weight is 190 g/mol. The Morgan fingerprint density at radius 1 is 0.857 bits per heavy atom. The minimum atomic E-state index is -0.469. The molecule has 0 radical (unpaired) electrons. The van der Waals surface area contributed by atoms with Gasteiger partial charge < -0.3 is 5.11 Å². The summed E-state index contributed by atoms with van der Waals surface area (Å²) in [5.41, 5.74) is 0. The van der Waals surface area contributed by atoms with Gasteiger partial charge in [0.25, 0.3) is 0 Å². The van der Waals surface area contributed by atoms with Gasteiger partial charge in [-0.1, -0.05) is 0 Å². The zero-order chi connectivity index (χ0) is 9.19. The Hall–Kier alpha value is -0.530. The van der Waals surface area contributed by atoms with Crippen LogP contribution in [0.1, 0.15) is 12.8 Å². The molecular formula is C12H14O2. The highest BCUT2D eigenvalue weighted by atomic mass is 16.4. The van der Waals surface area contributed by atoms with Gasteiger partial charge in [0.15, 0.2) is 0 Å². The first-order chi connectivity index (χ1) is 6.79. The molecule has 0 amide bonds. The topological polar surface area (TPSA) is 37.3 Å². The lowest BCUT2D eigenvalue weighted by Gasteiger charge is -2.33. The van der Waals surface area contributed by atoms with Crippen LogP contribution >= 0.6 is 0 Å². The molecule has 6 fully saturated rings. The van der Waals surface area contributed by atoms with Crippen molar-refractivity contribution in [2.24, 2.45) is 53.3 Å². The standard InChI is InChI=1S/C12H14O2/c13-12(14)11-9-5-1-3-4-2-6(7(3)9)10(11)8(4)5/h3-11H,1-2H2,(H,13,14)/t3?,4?,5?,6?,7?,8?,9-,10?,11?/m0/s1. The second kappa shape index (κ2) is 1.66. The van der Waals surface area contributed by atoms with Crippen LogP contribution in [0.25, 0.3) is 0 Å². The highest BCUT2D eigenvalue weighted by Crippen LogP contribution is 2.84. The molecule has 6 bridgehead atoms. The SMILES string of the molecule is O=C(O)C1C2C3CC4C5CC(C42)[C@H]1C53. The minimum Gasteiger partial charge on any atom is -0.481 e. The van der Waals surface area contributed by atoms with Crippen LogP contribution in [-0.4, -0.2) is 11.1 Å². The summed E-state index contributed by atoms with van der Waals surface area (Å²) < 4.78 is 0. The van der Waals surface area contributed by atoms with Gasteiger partial charge in [0.2, 0.25) is 0 Å². The molecule has 6 aliphatic rings. The molecule has 2 nitrogen and oxygen atoms in total. The summed E-state index contributed by atoms with van der Waals surface area (Å²) in [6.45, 7) is 0. The van der Waals surface area contributed by atoms with Crippen molar-refractivity contribution in [3.05, 3.63) is 0 Å². The van der Waals surface area contributed by atoms with Crippen LogP contribution in [0.5, 0.6) is 0 Å². The van der Waals surface area contributed by atoms with E-state index in [2.05, 4.69) is 0 Å². The molecule has 0 aromatic carbocycles. The quantitative estimate of drug-likeness (QED) is 0.679. The average Bonchev–Trinajstić information content (AvgIpc) is 2.76. The fourth-order valence-corrected chi connectivity index (χ4v) is 6.95. The Bertz CT molecular complexity index is 335. The van der Waals surface area contributed by atoms with Gasteiger partial charge in [-0.3, -0.25) is 4.79 Å². The van der Waals surface area contributed by atoms with E-state index in [1.807, 2.05) is 0 Å². The van der Waals surface area contributed by atoms with Crippen molar-refractivity contribution < 1.29 is 9.90 Å². The van der Waals surface area contributed by atoms with E-state index in [9.17, 15) is 9.90 Å². The molecule has 0 spiro atoms. The predicted octanol–water partition coefficient (Wildman–Crippen LogP) is 1.47. The second-order valence-corrected chi connectivity index (χ2v) is 6.30. The molecule has 14 heavy (non-hydrogen) atoms. The summed E-state index contributed by atoms with van der Waals surface area (Å²) in [6, 6.07) is 0. The molecule has 6 aliphatic carbocycles. The van der Waals surface area contributed by atoms with Gasteiger partial charge in [0.1, 0.15) is 0 Å². The first-order valence-corrected chi connectivity index (χ1v) is 6.02. The lowest BCUT2D eigenvalue weighted by atomic mass is 9.71. The van der Waals surface area contributed by atoms with E-state index in [1.54, 1.807) is 0 Å². The van der Waals surface area contributed by atoms with Gasteiger partial charge in [0.05, 0.1) is 5.92 Å². The van der Waals surface area contributed by atoms with E-state index >= 15 is 0 Å². The summed E-state index contributed by atoms with van der Waals surface area (Å²) in [6.07, 6.45) is 2.81. The molecule has 6 rings (SSSR count). The van der Waals surface area contributed by atoms with E-state index in [4.69, 9.17) is 0 Å². The third-order valence-corrected chi connectivity index (χ3v) is 6.61. The Balaban J connectivity index is 1.77. The Morgan fingerprint density at radius 3 is 1.79 bits per heavy atom. The van der Waals surface area contributed by atoms with Gasteiger partial charge in [-0.05, 0) is 60.2 Å². The maximum atomic E-state index is 11.3. The molecule has 1 N–H and O–H groups in total. The van der Waals surface area contributed by atoms with Crippen molar-refractivity contribution in [2.45, 2.75) is 12.8 Å². The largest absolute Gasteiger partial charge is 0.481 e. The maximum Gasteiger partial charge on any atom is 0.307 e. The van der Waals surface area contributed by atoms with E-state index in [0.29, 0.717) is 11.8 Å². The molecule has 2 heteroatoms. The van der Waals surface area contributed by atoms with Gasteiger partial charge in [-0.25, -0.2) is 0 Å². The molecule has 0 heterocycles. The Morgan fingerprint density at radius 2 is 1.36 bits per heavy atom. The van der Waals surface area contributed by atoms with Crippen LogP contribution < -0.4 is 0 Å². The zero-order valence-corrected chi connectivity index (χ0v) is 7.97. The molecule has 0 saturated heterocycles. The number of carboxylic acid groups (broad SMARTS) is 1. The summed E-state index contributed by atoms with van der Waals surface area (Å²) in [7, 11) is 0. The zero-order valence-electron chi connectivity index (χ0n) is 7.97. The molecule has 0 aromatic heterocycles. The van der Waals surface area contributed by atoms with Crippen molar-refractivity contribution in [1.82, 2.24) is 0 Å². The lowest BCUT2D eigenvalue weighted by molar-refractivity contribution is -0.143. The van der Waals surface area contributed by atoms with Crippen LogP contribution in [0, 0.1) is 53.3 Å². The number of hydrogen-bond donors (Lipinski definition) is 1. The lowest BCUT2D eigenvalue weighted by Crippen LogP contribution is -2.30. The molecule has 8 unspecified atom stereocenters. The molecular weight excluding hydrogens is 176 g/mol. The molecule has 74 valence electrons. The Kier molecular flexibility index (Phi) is 0.812. The monoisotopic (exact) mass is 190 g/mol. The van der Waals surface area contributed by atoms with Crippen LogP contribution in [0.4, 0.5) is 0 Å². The van der Waals surface area contributed by atoms with Crippen molar-refractivity contribution in [2.75, 3.05) is 0 Å². The van der Waals surface area contributed by atoms with Gasteiger partial charge >= 0.3 is 5.97 Å². The highest BCUT2D eigenvalue weighted by Gasteiger charge is 2.81. The number of hydrogen-bond acceptors (Lipinski definition) is 1. The Labute approximate surface area is 82.7 Å². The summed E-state index contributed by atoms with van der Waals surface area (Å²) >= 11 is 0. The second-order valence-electron chi connectivity index (χ2n) is 6.30. The number of aliphatic carboxylic acids is 1. The molecule has 0 aromatic rings. The summed E-state index contributed by atoms with van der Waals surface area (Å²) in [5.74, 6) is 6.22. The maximum absolute atomic E-state index is 11.3. The van der Waals surface area contributed by atoms with Crippen molar-refractivity contribution >= 4 is 5.97 Å². The number of carboxylic acids is 1. The van der Waals surface area contributed by atoms with E-state index in [0.717, 1.165) is 35.5 Å². The fourth-order valence-electron chi connectivity index (χ4n) is 6.95. The minimum absolute atomic E-state index is 0.0810. The van der Waals surface area contributed by atoms with Crippen LogP contribution in [0.15, 0.2) is 0 Å². The summed E-state index contributed by atoms with van der Waals surface area (Å²) in [5, 5.41) is 9.33. The molecule has 9 atom stereocenters. The van der Waals surface area contributed by atoms with Gasteiger partial charge in [-0.15, -0.1) is 0 Å². The van der Waals surface area contributed by atoms with Crippen LogP contribution in [-0.2, 0) is 4.79 Å². The van der Waals surface area contributed by atoms with E-state index < -0.39 is 5.97 Å². The van der Waals surface area contributed by atoms with Crippen LogP contribution in [0.3, 0.4) is 0 Å². The molecule has 6 saturated carbocycles. The third kappa shape index (κ3) is 0.409. The van der Waals surface area contributed by atoms with Gasteiger partial charge in [0, 0.05) is 0 Å². The summed E-state index contributed by atoms with van der Waals surface area (Å²) in [4.78, 5) is 11.3. The molecule has 0 aliphatic heterocycles. The number of rotatable bonds is 1. The van der Waals surface area contributed by atoms with E-state index in [1.165, 1.54) is 12.8 Å². The third-order valence-electron chi connectivity index (χ3n) is 6.61. The number of carbonyl (C=O) groups is 1. The van der Waals surface area contributed by atoms with E-state index in [-0.39, 0.29) is 5.92 Å². The van der Waals surface area contributed by atoms with Gasteiger partial charge in [-0.2, -0.15) is 0 Å². The van der Waals surface area contributed by atoms with Crippen molar-refractivity contribution in [3.8, 4) is 0 Å². The van der Waals surface area contributed by atoms with Crippen molar-refractivity contribution in [3.63, 3.8) is 0 Å².